The molecule has 0 saturated heterocycles. The van der Waals surface area contributed by atoms with Crippen molar-refractivity contribution in [3.05, 3.63) is 90.2 Å². The second-order valence-electron chi connectivity index (χ2n) is 9.39. The Bertz CT molecular complexity index is 1600. The second kappa shape index (κ2) is 10.4. The van der Waals surface area contributed by atoms with Crippen molar-refractivity contribution >= 4 is 11.6 Å². The zero-order chi connectivity index (χ0) is 26.9. The van der Waals surface area contributed by atoms with Gasteiger partial charge in [-0.15, -0.1) is 5.10 Å². The summed E-state index contributed by atoms with van der Waals surface area (Å²) in [6, 6.07) is 10.8. The molecule has 4 aromatic heterocycles. The Hall–Kier alpha value is -4.38. The Morgan fingerprint density at radius 2 is 1.87 bits per heavy atom. The zero-order valence-electron chi connectivity index (χ0n) is 21.4. The quantitative estimate of drug-likeness (QED) is 0.263. The Morgan fingerprint density at radius 1 is 1.05 bits per heavy atom. The predicted octanol–water partition coefficient (Wildman–Crippen LogP) is 3.07. The Morgan fingerprint density at radius 3 is 2.56 bits per heavy atom. The molecule has 5 aromatic rings. The Balaban J connectivity index is 1.40. The lowest BCUT2D eigenvalue weighted by Crippen LogP contribution is -2.46. The number of aromatic nitrogens is 8. The first kappa shape index (κ1) is 24.9. The molecular formula is C27H26ClFN8O2+2. The largest absolute Gasteiger partial charge is 0.275 e. The Kier molecular flexibility index (Phi) is 6.65. The second-order valence-corrected chi connectivity index (χ2v) is 9.80. The molecule has 1 aliphatic rings. The number of benzene rings is 1. The van der Waals surface area contributed by atoms with Crippen LogP contribution in [0.15, 0.2) is 73.7 Å². The van der Waals surface area contributed by atoms with Crippen LogP contribution in [0.5, 0.6) is 0 Å². The molecule has 1 saturated carbocycles. The highest BCUT2D eigenvalue weighted by atomic mass is 35.5. The minimum absolute atomic E-state index is 0.00230. The van der Waals surface area contributed by atoms with E-state index in [2.05, 4.69) is 15.5 Å². The van der Waals surface area contributed by atoms with E-state index in [1.165, 1.54) is 29.9 Å². The highest BCUT2D eigenvalue weighted by molar-refractivity contribution is 6.31. The van der Waals surface area contributed by atoms with Crippen molar-refractivity contribution in [3.8, 4) is 27.9 Å². The molecule has 0 N–H and O–H groups in total. The predicted molar refractivity (Wildman–Crippen MR) is 138 cm³/mol. The van der Waals surface area contributed by atoms with Crippen molar-refractivity contribution in [3.63, 3.8) is 0 Å². The number of nitrogens with zero attached hydrogens (tertiary/aromatic N) is 8. The lowest BCUT2D eigenvalue weighted by atomic mass is 10.0. The van der Waals surface area contributed by atoms with E-state index in [-0.39, 0.29) is 16.6 Å². The minimum Gasteiger partial charge on any atom is -0.275 e. The fourth-order valence-electron chi connectivity index (χ4n) is 4.75. The van der Waals surface area contributed by atoms with E-state index in [1.54, 1.807) is 35.9 Å². The van der Waals surface area contributed by atoms with Gasteiger partial charge in [0.15, 0.2) is 5.82 Å². The number of halogens is 2. The first-order chi connectivity index (χ1) is 19.1. The van der Waals surface area contributed by atoms with Crippen molar-refractivity contribution < 1.29 is 23.5 Å². The normalized spacial score (nSPS) is 13.8. The first-order valence-corrected chi connectivity index (χ1v) is 12.9. The highest BCUT2D eigenvalue weighted by Crippen LogP contribution is 2.39. The van der Waals surface area contributed by atoms with Gasteiger partial charge >= 0.3 is 0 Å². The maximum absolute atomic E-state index is 15.4. The molecular weight excluding hydrogens is 523 g/mol. The summed E-state index contributed by atoms with van der Waals surface area (Å²) in [6.07, 6.45) is 14.1. The van der Waals surface area contributed by atoms with Crippen LogP contribution < -0.4 is 19.1 Å². The minimum atomic E-state index is -0.566. The van der Waals surface area contributed by atoms with Crippen molar-refractivity contribution in [2.45, 2.75) is 25.3 Å². The average Bonchev–Trinajstić information content (AvgIpc) is 3.39. The molecule has 1 atom stereocenters. The summed E-state index contributed by atoms with van der Waals surface area (Å²) in [5.74, 6) is 0.0470. The van der Waals surface area contributed by atoms with Crippen LogP contribution in [-0.2, 0) is 0 Å². The van der Waals surface area contributed by atoms with E-state index in [4.69, 9.17) is 26.4 Å². The molecule has 6 rings (SSSR count). The Labute approximate surface area is 228 Å². The smallest absolute Gasteiger partial charge is 0.258 e. The topological polar surface area (TPSA) is 87.6 Å². The van der Waals surface area contributed by atoms with E-state index in [9.17, 15) is 0 Å². The van der Waals surface area contributed by atoms with Gasteiger partial charge < -0.3 is 0 Å². The third kappa shape index (κ3) is 4.92. The molecule has 39 heavy (non-hydrogen) atoms. The van der Waals surface area contributed by atoms with E-state index < -0.39 is 5.82 Å². The lowest BCUT2D eigenvalue weighted by Gasteiger charge is -2.16. The number of tetrazole rings is 1. The fraction of sp³-hybridized carbons (Fsp3) is 0.259. The molecule has 0 unspecified atom stereocenters. The molecule has 10 nitrogen and oxygen atoms in total. The van der Waals surface area contributed by atoms with Crippen LogP contribution in [0.25, 0.3) is 27.9 Å². The fourth-order valence-corrected chi connectivity index (χ4v) is 4.91. The van der Waals surface area contributed by atoms with Gasteiger partial charge in [-0.3, -0.25) is 14.4 Å². The van der Waals surface area contributed by atoms with Crippen LogP contribution >= 0.6 is 11.6 Å². The summed E-state index contributed by atoms with van der Waals surface area (Å²) >= 11 is 6.17. The van der Waals surface area contributed by atoms with Gasteiger partial charge in [0.05, 0.1) is 28.0 Å². The highest BCUT2D eigenvalue weighted by Gasteiger charge is 2.34. The van der Waals surface area contributed by atoms with Crippen molar-refractivity contribution in [1.82, 2.24) is 30.0 Å². The van der Waals surface area contributed by atoms with E-state index in [1.807, 2.05) is 53.7 Å². The average molecular weight is 549 g/mol. The van der Waals surface area contributed by atoms with Crippen LogP contribution in [0.2, 0.25) is 5.02 Å². The van der Waals surface area contributed by atoms with E-state index >= 15 is 4.39 Å². The number of rotatable bonds is 9. The monoisotopic (exact) mass is 548 g/mol. The van der Waals surface area contributed by atoms with Gasteiger partial charge in [0.2, 0.25) is 18.6 Å². The molecule has 12 heteroatoms. The van der Waals surface area contributed by atoms with Gasteiger partial charge in [0, 0.05) is 39.4 Å². The maximum atomic E-state index is 15.4. The molecule has 1 aliphatic carbocycles. The first-order valence-electron chi connectivity index (χ1n) is 12.5. The van der Waals surface area contributed by atoms with Gasteiger partial charge in [-0.1, -0.05) is 24.4 Å². The van der Waals surface area contributed by atoms with Gasteiger partial charge in [0.1, 0.15) is 26.6 Å². The van der Waals surface area contributed by atoms with Gasteiger partial charge in [-0.05, 0) is 46.5 Å². The molecule has 0 amide bonds. The molecule has 1 fully saturated rings. The molecule has 4 heterocycles. The summed E-state index contributed by atoms with van der Waals surface area (Å²) in [4.78, 5) is 11.0. The SMILES string of the molecule is CO[n+]1ccc(-c2cnn([C@@H](CC3CC3)c3ccc(-c4c(-n5cnnn5)ccc(Cl)c4F)c[n+]3OC)c2)cc1. The number of hydrogen-bond donors (Lipinski definition) is 0. The number of hydrogen-bond acceptors (Lipinski definition) is 6. The summed E-state index contributed by atoms with van der Waals surface area (Å²) in [7, 11) is 3.20. The molecule has 1 aromatic carbocycles. The lowest BCUT2D eigenvalue weighted by molar-refractivity contribution is -0.891. The third-order valence-electron chi connectivity index (χ3n) is 6.96. The molecule has 0 spiro atoms. The van der Waals surface area contributed by atoms with Crippen molar-refractivity contribution in [2.75, 3.05) is 14.2 Å². The van der Waals surface area contributed by atoms with Crippen LogP contribution in [-0.4, -0.2) is 44.2 Å². The molecule has 0 bridgehead atoms. The van der Waals surface area contributed by atoms with E-state index in [0.717, 1.165) is 23.2 Å². The summed E-state index contributed by atoms with van der Waals surface area (Å²) in [5.41, 5.74) is 4.20. The molecule has 0 radical (unpaired) electrons. The van der Waals surface area contributed by atoms with Gasteiger partial charge in [0.25, 0.3) is 5.69 Å². The number of pyridine rings is 2. The van der Waals surface area contributed by atoms with Crippen LogP contribution in [0.3, 0.4) is 0 Å². The van der Waals surface area contributed by atoms with Gasteiger partial charge in [-0.2, -0.15) is 9.78 Å². The van der Waals surface area contributed by atoms with Gasteiger partial charge in [-0.25, -0.2) is 4.39 Å². The molecule has 198 valence electrons. The van der Waals surface area contributed by atoms with Crippen LogP contribution in [0.4, 0.5) is 4.39 Å². The maximum Gasteiger partial charge on any atom is 0.258 e. The summed E-state index contributed by atoms with van der Waals surface area (Å²) in [6.45, 7) is 0. The van der Waals surface area contributed by atoms with Crippen molar-refractivity contribution in [2.24, 2.45) is 5.92 Å². The van der Waals surface area contributed by atoms with Crippen LogP contribution in [0.1, 0.15) is 31.0 Å². The summed E-state index contributed by atoms with van der Waals surface area (Å²) < 4.78 is 22.1. The van der Waals surface area contributed by atoms with E-state index in [0.29, 0.717) is 17.2 Å². The van der Waals surface area contributed by atoms with Crippen LogP contribution in [0, 0.1) is 11.7 Å². The standard InChI is InChI=1S/C27H26ClFN8O2/c1-38-34-11-9-19(10-12-34)21-14-31-35(15-21)25(13-18-3-4-18)23-7-5-20(16-37(23)39-2)26-24(36-17-30-32-33-36)8-6-22(28)27(26)29/h5-12,14-18,25H,3-4,13H2,1-2H3/q+2/t25-/m0/s1. The summed E-state index contributed by atoms with van der Waals surface area (Å²) in [5, 5.41) is 16.0. The molecule has 0 aliphatic heterocycles. The third-order valence-corrected chi connectivity index (χ3v) is 7.25. The zero-order valence-corrected chi connectivity index (χ0v) is 22.1. The van der Waals surface area contributed by atoms with Crippen molar-refractivity contribution in [1.29, 1.82) is 0 Å².